The standard InChI is InChI=1S/C18H17ClN2O/c1-13-5-6-14(10-17(13)19)18-8-7-16(22-18)12-20-11-15-4-2-3-9-21-15/h2-10,20H,11-12H2,1H3. The molecule has 4 heteroatoms. The number of nitrogens with zero attached hydrogens (tertiary/aromatic N) is 1. The van der Waals surface area contributed by atoms with Gasteiger partial charge in [0, 0.05) is 23.3 Å². The Hall–Kier alpha value is -2.10. The zero-order chi connectivity index (χ0) is 15.4. The number of furan rings is 1. The van der Waals surface area contributed by atoms with Crippen molar-refractivity contribution in [3.8, 4) is 11.3 Å². The molecule has 0 aliphatic heterocycles. The van der Waals surface area contributed by atoms with Crippen LogP contribution >= 0.6 is 11.6 Å². The van der Waals surface area contributed by atoms with Crippen molar-refractivity contribution >= 4 is 11.6 Å². The monoisotopic (exact) mass is 312 g/mol. The maximum atomic E-state index is 6.16. The molecule has 0 atom stereocenters. The Morgan fingerprint density at radius 3 is 2.77 bits per heavy atom. The summed E-state index contributed by atoms with van der Waals surface area (Å²) < 4.78 is 5.86. The number of aryl methyl sites for hydroxylation is 1. The molecule has 2 heterocycles. The van der Waals surface area contributed by atoms with E-state index in [1.165, 1.54) is 0 Å². The highest BCUT2D eigenvalue weighted by atomic mass is 35.5. The van der Waals surface area contributed by atoms with Crippen LogP contribution in [0.4, 0.5) is 0 Å². The summed E-state index contributed by atoms with van der Waals surface area (Å²) in [5.41, 5.74) is 3.07. The van der Waals surface area contributed by atoms with Crippen LogP contribution in [0.1, 0.15) is 17.0 Å². The Balaban J connectivity index is 1.62. The van der Waals surface area contributed by atoms with Crippen LogP contribution in [0.25, 0.3) is 11.3 Å². The summed E-state index contributed by atoms with van der Waals surface area (Å²) in [6.45, 7) is 3.37. The Kier molecular flexibility index (Phi) is 4.56. The lowest BCUT2D eigenvalue weighted by Gasteiger charge is -2.03. The highest BCUT2D eigenvalue weighted by molar-refractivity contribution is 6.31. The third-order valence-corrected chi connectivity index (χ3v) is 3.86. The summed E-state index contributed by atoms with van der Waals surface area (Å²) in [5, 5.41) is 4.07. The molecule has 1 N–H and O–H groups in total. The van der Waals surface area contributed by atoms with Gasteiger partial charge >= 0.3 is 0 Å². The average Bonchev–Trinajstić information content (AvgIpc) is 3.00. The van der Waals surface area contributed by atoms with E-state index in [1.54, 1.807) is 6.20 Å². The van der Waals surface area contributed by atoms with Crippen molar-refractivity contribution in [1.29, 1.82) is 0 Å². The molecule has 0 aliphatic rings. The number of halogens is 1. The number of hydrogen-bond acceptors (Lipinski definition) is 3. The average molecular weight is 313 g/mol. The van der Waals surface area contributed by atoms with Gasteiger partial charge in [0.2, 0.25) is 0 Å². The smallest absolute Gasteiger partial charge is 0.134 e. The summed E-state index contributed by atoms with van der Waals surface area (Å²) >= 11 is 6.16. The van der Waals surface area contributed by atoms with Gasteiger partial charge in [-0.15, -0.1) is 0 Å². The Labute approximate surface area is 135 Å². The van der Waals surface area contributed by atoms with Crippen molar-refractivity contribution in [2.45, 2.75) is 20.0 Å². The van der Waals surface area contributed by atoms with Crippen LogP contribution in [0, 0.1) is 6.92 Å². The van der Waals surface area contributed by atoms with Crippen LogP contribution in [0.5, 0.6) is 0 Å². The fraction of sp³-hybridized carbons (Fsp3) is 0.167. The van der Waals surface area contributed by atoms with Gasteiger partial charge in [-0.1, -0.05) is 29.8 Å². The van der Waals surface area contributed by atoms with E-state index in [-0.39, 0.29) is 0 Å². The van der Waals surface area contributed by atoms with Gasteiger partial charge in [0.05, 0.1) is 12.2 Å². The third kappa shape index (κ3) is 3.56. The van der Waals surface area contributed by atoms with E-state index in [1.807, 2.05) is 55.5 Å². The van der Waals surface area contributed by atoms with Crippen LogP contribution in [-0.2, 0) is 13.1 Å². The topological polar surface area (TPSA) is 38.1 Å². The molecule has 0 saturated carbocycles. The summed E-state index contributed by atoms with van der Waals surface area (Å²) in [6.07, 6.45) is 1.79. The largest absolute Gasteiger partial charge is 0.460 e. The highest BCUT2D eigenvalue weighted by Crippen LogP contribution is 2.26. The second-order valence-electron chi connectivity index (χ2n) is 5.15. The van der Waals surface area contributed by atoms with Crippen molar-refractivity contribution in [3.05, 3.63) is 76.8 Å². The lowest BCUT2D eigenvalue weighted by molar-refractivity contribution is 0.492. The fourth-order valence-corrected chi connectivity index (χ4v) is 2.37. The van der Waals surface area contributed by atoms with Gasteiger partial charge in [-0.3, -0.25) is 4.98 Å². The molecule has 0 radical (unpaired) electrons. The van der Waals surface area contributed by atoms with Gasteiger partial charge in [-0.25, -0.2) is 0 Å². The molecule has 1 aromatic carbocycles. The van der Waals surface area contributed by atoms with Gasteiger partial charge in [0.25, 0.3) is 0 Å². The van der Waals surface area contributed by atoms with Crippen LogP contribution in [0.3, 0.4) is 0 Å². The predicted molar refractivity (Wildman–Crippen MR) is 88.7 cm³/mol. The zero-order valence-electron chi connectivity index (χ0n) is 12.3. The van der Waals surface area contributed by atoms with Crippen LogP contribution in [-0.4, -0.2) is 4.98 Å². The molecule has 22 heavy (non-hydrogen) atoms. The molecule has 112 valence electrons. The first kappa shape index (κ1) is 14.8. The second kappa shape index (κ2) is 6.77. The number of benzene rings is 1. The number of rotatable bonds is 5. The molecule has 0 fully saturated rings. The van der Waals surface area contributed by atoms with Crippen molar-refractivity contribution in [3.63, 3.8) is 0 Å². The van der Waals surface area contributed by atoms with Crippen LogP contribution < -0.4 is 5.32 Å². The first-order valence-electron chi connectivity index (χ1n) is 7.18. The normalized spacial score (nSPS) is 10.8. The van der Waals surface area contributed by atoms with Crippen LogP contribution in [0.15, 0.2) is 59.1 Å². The van der Waals surface area contributed by atoms with Crippen LogP contribution in [0.2, 0.25) is 5.02 Å². The molecule has 3 nitrogen and oxygen atoms in total. The highest BCUT2D eigenvalue weighted by Gasteiger charge is 2.06. The van der Waals surface area contributed by atoms with Crippen molar-refractivity contribution in [2.24, 2.45) is 0 Å². The lowest BCUT2D eigenvalue weighted by Crippen LogP contribution is -2.12. The minimum atomic E-state index is 0.663. The summed E-state index contributed by atoms with van der Waals surface area (Å²) in [4.78, 5) is 4.27. The van der Waals surface area contributed by atoms with E-state index in [9.17, 15) is 0 Å². The second-order valence-corrected chi connectivity index (χ2v) is 5.56. The van der Waals surface area contributed by atoms with Gasteiger partial charge < -0.3 is 9.73 Å². The zero-order valence-corrected chi connectivity index (χ0v) is 13.1. The quantitative estimate of drug-likeness (QED) is 0.748. The minimum Gasteiger partial charge on any atom is -0.460 e. The molecular weight excluding hydrogens is 296 g/mol. The molecule has 2 aromatic heterocycles. The third-order valence-electron chi connectivity index (χ3n) is 3.45. The summed E-state index contributed by atoms with van der Waals surface area (Å²) in [6, 6.07) is 15.8. The summed E-state index contributed by atoms with van der Waals surface area (Å²) in [5.74, 6) is 1.72. The van der Waals surface area contributed by atoms with Gasteiger partial charge in [0.15, 0.2) is 0 Å². The Bertz CT molecular complexity index is 753. The van der Waals surface area contributed by atoms with Gasteiger partial charge in [0.1, 0.15) is 11.5 Å². The minimum absolute atomic E-state index is 0.663. The summed E-state index contributed by atoms with van der Waals surface area (Å²) in [7, 11) is 0. The van der Waals surface area contributed by atoms with E-state index in [0.29, 0.717) is 13.1 Å². The van der Waals surface area contributed by atoms with E-state index >= 15 is 0 Å². The first-order chi connectivity index (χ1) is 10.7. The van der Waals surface area contributed by atoms with Gasteiger partial charge in [-0.2, -0.15) is 0 Å². The molecular formula is C18H17ClN2O. The van der Waals surface area contributed by atoms with Crippen molar-refractivity contribution in [1.82, 2.24) is 10.3 Å². The molecule has 0 spiro atoms. The van der Waals surface area contributed by atoms with E-state index < -0.39 is 0 Å². The number of nitrogens with one attached hydrogen (secondary N) is 1. The Morgan fingerprint density at radius 1 is 1.09 bits per heavy atom. The maximum absolute atomic E-state index is 6.16. The number of pyridine rings is 1. The maximum Gasteiger partial charge on any atom is 0.134 e. The molecule has 0 amide bonds. The SMILES string of the molecule is Cc1ccc(-c2ccc(CNCc3ccccn3)o2)cc1Cl. The number of aromatic nitrogens is 1. The lowest BCUT2D eigenvalue weighted by atomic mass is 10.1. The van der Waals surface area contributed by atoms with E-state index in [0.717, 1.165) is 33.4 Å². The molecule has 3 rings (SSSR count). The first-order valence-corrected chi connectivity index (χ1v) is 7.56. The van der Waals surface area contributed by atoms with E-state index in [4.69, 9.17) is 16.0 Å². The number of hydrogen-bond donors (Lipinski definition) is 1. The van der Waals surface area contributed by atoms with Crippen molar-refractivity contribution < 1.29 is 4.42 Å². The van der Waals surface area contributed by atoms with E-state index in [2.05, 4.69) is 10.3 Å². The molecule has 0 bridgehead atoms. The molecule has 0 unspecified atom stereocenters. The van der Waals surface area contributed by atoms with Gasteiger partial charge in [-0.05, 0) is 42.8 Å². The Morgan fingerprint density at radius 2 is 2.00 bits per heavy atom. The fourth-order valence-electron chi connectivity index (χ4n) is 2.19. The predicted octanol–water partition coefficient (Wildman–Crippen LogP) is 4.59. The molecule has 0 aliphatic carbocycles. The molecule has 0 saturated heterocycles. The molecule has 3 aromatic rings. The van der Waals surface area contributed by atoms with Crippen molar-refractivity contribution in [2.75, 3.05) is 0 Å².